The number of carbonyl (C=O) groups is 4. The lowest BCUT2D eigenvalue weighted by Crippen LogP contribution is -2.20. The van der Waals surface area contributed by atoms with Crippen LogP contribution in [0.5, 0.6) is 0 Å². The predicted octanol–water partition coefficient (Wildman–Crippen LogP) is 1.07. The molecule has 0 bridgehead atoms. The summed E-state index contributed by atoms with van der Waals surface area (Å²) < 4.78 is 4.35. The van der Waals surface area contributed by atoms with Crippen LogP contribution in [0.1, 0.15) is 66.7 Å². The van der Waals surface area contributed by atoms with E-state index in [9.17, 15) is 19.2 Å². The first-order valence-corrected chi connectivity index (χ1v) is 10.2. The maximum Gasteiger partial charge on any atom is 0.346 e. The molecule has 2 rings (SSSR count). The van der Waals surface area contributed by atoms with Crippen LogP contribution in [-0.2, 0) is 14.3 Å². The summed E-state index contributed by atoms with van der Waals surface area (Å²) in [6.45, 7) is 3.88. The second-order valence-electron chi connectivity index (χ2n) is 7.50. The van der Waals surface area contributed by atoms with E-state index in [-0.39, 0.29) is 44.7 Å². The molecule has 1 aromatic rings. The van der Waals surface area contributed by atoms with E-state index in [4.69, 9.17) is 30.6 Å². The molecule has 1 aromatic carbocycles. The van der Waals surface area contributed by atoms with Gasteiger partial charge in [0.1, 0.15) is 0 Å². The van der Waals surface area contributed by atoms with Crippen LogP contribution < -0.4 is 0 Å². The molecule has 1 aliphatic rings. The number of hydrogen-bond acceptors (Lipinski definition) is 9. The first-order valence-electron chi connectivity index (χ1n) is 10.2. The Balaban J connectivity index is 0. The van der Waals surface area contributed by atoms with Crippen LogP contribution in [0.4, 0.5) is 0 Å². The molecule has 11 heteroatoms. The van der Waals surface area contributed by atoms with E-state index in [0.717, 1.165) is 0 Å². The highest BCUT2D eigenvalue weighted by Gasteiger charge is 2.28. The van der Waals surface area contributed by atoms with Gasteiger partial charge in [-0.1, -0.05) is 26.0 Å². The third kappa shape index (κ3) is 17.4. The van der Waals surface area contributed by atoms with Crippen molar-refractivity contribution in [1.82, 2.24) is 0 Å². The third-order valence-corrected chi connectivity index (χ3v) is 3.76. The SMILES string of the molecule is CC(C)(CO)CO.O=C(O)CCCCC(=O)O.O=C1OC(=O)c2ccccc21.OCCCO. The summed E-state index contributed by atoms with van der Waals surface area (Å²) in [6.07, 6.45) is 1.52. The maximum atomic E-state index is 10.8. The molecule has 33 heavy (non-hydrogen) atoms. The van der Waals surface area contributed by atoms with Gasteiger partial charge in [-0.25, -0.2) is 9.59 Å². The Morgan fingerprint density at radius 2 is 1.12 bits per heavy atom. The zero-order valence-electron chi connectivity index (χ0n) is 18.9. The fraction of sp³-hybridized carbons (Fsp3) is 0.545. The molecule has 0 spiro atoms. The van der Waals surface area contributed by atoms with Crippen molar-refractivity contribution in [1.29, 1.82) is 0 Å². The van der Waals surface area contributed by atoms with Crippen LogP contribution in [0.15, 0.2) is 24.3 Å². The molecule has 0 fully saturated rings. The summed E-state index contributed by atoms with van der Waals surface area (Å²) in [5.41, 5.74) is 0.412. The minimum Gasteiger partial charge on any atom is -0.481 e. The molecule has 0 amide bonds. The summed E-state index contributed by atoms with van der Waals surface area (Å²) in [7, 11) is 0. The number of fused-ring (bicyclic) bond motifs is 1. The molecule has 0 saturated heterocycles. The van der Waals surface area contributed by atoms with Crippen molar-refractivity contribution < 1.29 is 54.6 Å². The summed E-state index contributed by atoms with van der Waals surface area (Å²) in [6, 6.07) is 6.53. The molecule has 11 nitrogen and oxygen atoms in total. The molecular weight excluding hydrogens is 440 g/mol. The Morgan fingerprint density at radius 1 is 0.758 bits per heavy atom. The minimum atomic E-state index is -0.870. The summed E-state index contributed by atoms with van der Waals surface area (Å²) in [5, 5.41) is 48.9. The Bertz CT molecular complexity index is 672. The number of cyclic esters (lactones) is 2. The van der Waals surface area contributed by atoms with Crippen LogP contribution in [-0.4, -0.2) is 80.9 Å². The lowest BCUT2D eigenvalue weighted by atomic mass is 9.97. The fourth-order valence-corrected chi connectivity index (χ4v) is 1.71. The molecule has 0 atom stereocenters. The number of carboxylic acid groups (broad SMARTS) is 2. The quantitative estimate of drug-likeness (QED) is 0.170. The molecule has 0 radical (unpaired) electrons. The van der Waals surface area contributed by atoms with Crippen molar-refractivity contribution in [2.24, 2.45) is 5.41 Å². The molecule has 0 aliphatic carbocycles. The van der Waals surface area contributed by atoms with Gasteiger partial charge in [0, 0.05) is 31.5 Å². The van der Waals surface area contributed by atoms with E-state index >= 15 is 0 Å². The number of carbonyl (C=O) groups excluding carboxylic acids is 2. The van der Waals surface area contributed by atoms with Crippen LogP contribution in [0, 0.1) is 5.41 Å². The lowest BCUT2D eigenvalue weighted by Gasteiger charge is -2.16. The Labute approximate surface area is 192 Å². The number of carboxylic acids is 2. The van der Waals surface area contributed by atoms with Crippen molar-refractivity contribution in [2.75, 3.05) is 26.4 Å². The third-order valence-electron chi connectivity index (χ3n) is 3.76. The number of aliphatic carboxylic acids is 2. The van der Waals surface area contributed by atoms with Crippen LogP contribution >= 0.6 is 0 Å². The molecule has 1 heterocycles. The van der Waals surface area contributed by atoms with Crippen molar-refractivity contribution >= 4 is 23.9 Å². The standard InChI is InChI=1S/C8H4O3.C6H10O4.C5H12O2.C3H8O2/c9-7-5-3-1-2-4-6(5)8(10)11-7;7-5(8)3-1-2-4-6(9)10;1-5(2,3-6)4-7;4-2-1-3-5/h1-4H;1-4H2,(H,7,8)(H,9,10);6-7H,3-4H2,1-2H3;4-5H,1-3H2. The predicted molar refractivity (Wildman–Crippen MR) is 117 cm³/mol. The zero-order chi connectivity index (χ0) is 25.9. The smallest absolute Gasteiger partial charge is 0.346 e. The monoisotopic (exact) mass is 474 g/mol. The number of ether oxygens (including phenoxy) is 1. The molecule has 0 aromatic heterocycles. The fourth-order valence-electron chi connectivity index (χ4n) is 1.71. The van der Waals surface area contributed by atoms with Gasteiger partial charge < -0.3 is 35.4 Å². The van der Waals surface area contributed by atoms with Gasteiger partial charge in [0.05, 0.1) is 24.3 Å². The number of benzene rings is 1. The number of aliphatic hydroxyl groups excluding tert-OH is 4. The summed E-state index contributed by atoms with van der Waals surface area (Å²) in [5.74, 6) is -2.84. The Hall–Kier alpha value is -2.86. The normalized spacial score (nSPS) is 11.5. The van der Waals surface area contributed by atoms with Crippen LogP contribution in [0.3, 0.4) is 0 Å². The molecule has 6 N–H and O–H groups in total. The van der Waals surface area contributed by atoms with Crippen LogP contribution in [0.2, 0.25) is 0 Å². The first kappa shape index (κ1) is 32.3. The largest absolute Gasteiger partial charge is 0.481 e. The van der Waals surface area contributed by atoms with E-state index in [1.54, 1.807) is 38.1 Å². The van der Waals surface area contributed by atoms with Gasteiger partial charge in [-0.05, 0) is 31.4 Å². The van der Waals surface area contributed by atoms with Gasteiger partial charge in [-0.3, -0.25) is 9.59 Å². The van der Waals surface area contributed by atoms with Gasteiger partial charge in [-0.15, -0.1) is 0 Å². The van der Waals surface area contributed by atoms with Gasteiger partial charge >= 0.3 is 23.9 Å². The molecule has 0 unspecified atom stereocenters. The molecule has 188 valence electrons. The second kappa shape index (κ2) is 18.7. The van der Waals surface area contributed by atoms with Crippen molar-refractivity contribution in [3.8, 4) is 0 Å². The summed E-state index contributed by atoms with van der Waals surface area (Å²) >= 11 is 0. The number of hydrogen-bond donors (Lipinski definition) is 6. The van der Waals surface area contributed by atoms with Gasteiger partial charge in [-0.2, -0.15) is 0 Å². The molecule has 0 saturated carbocycles. The van der Waals surface area contributed by atoms with Crippen molar-refractivity contribution in [2.45, 2.75) is 46.0 Å². The van der Waals surface area contributed by atoms with E-state index in [1.165, 1.54) is 0 Å². The van der Waals surface area contributed by atoms with Crippen molar-refractivity contribution in [3.63, 3.8) is 0 Å². The van der Waals surface area contributed by atoms with Gasteiger partial charge in [0.2, 0.25) is 0 Å². The first-order chi connectivity index (χ1) is 15.4. The molecular formula is C22H34O11. The topological polar surface area (TPSA) is 199 Å². The number of unbranched alkanes of at least 4 members (excludes halogenated alkanes) is 1. The second-order valence-corrected chi connectivity index (χ2v) is 7.50. The highest BCUT2D eigenvalue weighted by atomic mass is 16.6. The minimum absolute atomic E-state index is 0.0451. The average molecular weight is 475 g/mol. The van der Waals surface area contributed by atoms with Crippen molar-refractivity contribution in [3.05, 3.63) is 35.4 Å². The van der Waals surface area contributed by atoms with Gasteiger partial charge in [0.15, 0.2) is 0 Å². The van der Waals surface area contributed by atoms with Gasteiger partial charge in [0.25, 0.3) is 0 Å². The Morgan fingerprint density at radius 3 is 1.33 bits per heavy atom. The lowest BCUT2D eigenvalue weighted by molar-refractivity contribution is -0.139. The zero-order valence-corrected chi connectivity index (χ0v) is 18.9. The number of rotatable bonds is 9. The molecule has 1 aliphatic heterocycles. The van der Waals surface area contributed by atoms with Crippen LogP contribution in [0.25, 0.3) is 0 Å². The van der Waals surface area contributed by atoms with E-state index in [2.05, 4.69) is 4.74 Å². The summed E-state index contributed by atoms with van der Waals surface area (Å²) in [4.78, 5) is 41.5. The van der Waals surface area contributed by atoms with E-state index in [1.807, 2.05) is 0 Å². The van der Waals surface area contributed by atoms with E-state index < -0.39 is 23.9 Å². The van der Waals surface area contributed by atoms with E-state index in [0.29, 0.717) is 30.4 Å². The number of aliphatic hydroxyl groups is 4. The highest BCUT2D eigenvalue weighted by Crippen LogP contribution is 2.18. The highest BCUT2D eigenvalue weighted by molar-refractivity contribution is 6.14. The maximum absolute atomic E-state index is 10.8. The number of esters is 2. The Kier molecular flexibility index (Phi) is 18.3. The average Bonchev–Trinajstić information content (AvgIpc) is 3.07.